The van der Waals surface area contributed by atoms with E-state index in [1.165, 1.54) is 11.3 Å². The van der Waals surface area contributed by atoms with Crippen molar-refractivity contribution in [2.45, 2.75) is 13.5 Å². The second-order valence-electron chi connectivity index (χ2n) is 4.98. The van der Waals surface area contributed by atoms with Gasteiger partial charge in [-0.15, -0.1) is 0 Å². The molecule has 1 heterocycles. The lowest BCUT2D eigenvalue weighted by molar-refractivity contribution is 0.527. The summed E-state index contributed by atoms with van der Waals surface area (Å²) in [6.07, 6.45) is 0. The van der Waals surface area contributed by atoms with Crippen molar-refractivity contribution in [3.63, 3.8) is 0 Å². The molecule has 0 amide bonds. The monoisotopic (exact) mass is 267 g/mol. The van der Waals surface area contributed by atoms with Crippen LogP contribution in [-0.2, 0) is 6.54 Å². The molecule has 4 heteroatoms. The molecule has 0 saturated heterocycles. The summed E-state index contributed by atoms with van der Waals surface area (Å²) in [5, 5.41) is 0. The summed E-state index contributed by atoms with van der Waals surface area (Å²) >= 11 is 0. The molecule has 1 aromatic heterocycles. The van der Waals surface area contributed by atoms with Crippen molar-refractivity contribution >= 4 is 22.5 Å². The Morgan fingerprint density at radius 3 is 2.80 bits per heavy atom. The minimum absolute atomic E-state index is 0.624. The van der Waals surface area contributed by atoms with Crippen LogP contribution in [0.3, 0.4) is 0 Å². The molecule has 0 fully saturated rings. The molecule has 0 aliphatic heterocycles. The van der Waals surface area contributed by atoms with Gasteiger partial charge in [0.2, 0.25) is 5.89 Å². The van der Waals surface area contributed by atoms with Gasteiger partial charge in [-0.2, -0.15) is 0 Å². The van der Waals surface area contributed by atoms with Gasteiger partial charge in [0, 0.05) is 18.4 Å². The third kappa shape index (κ3) is 2.32. The summed E-state index contributed by atoms with van der Waals surface area (Å²) in [5.41, 5.74) is 10.4. The highest BCUT2D eigenvalue weighted by Gasteiger charge is 2.10. The molecule has 3 rings (SSSR count). The number of aryl methyl sites for hydroxylation is 1. The van der Waals surface area contributed by atoms with E-state index in [4.69, 9.17) is 10.2 Å². The second kappa shape index (κ2) is 4.89. The fourth-order valence-corrected chi connectivity index (χ4v) is 2.34. The summed E-state index contributed by atoms with van der Waals surface area (Å²) in [5.74, 6) is 0.691. The minimum Gasteiger partial charge on any atom is -0.439 e. The third-order valence-electron chi connectivity index (χ3n) is 3.36. The normalized spacial score (nSPS) is 10.9. The lowest BCUT2D eigenvalue weighted by Crippen LogP contribution is -2.17. The largest absolute Gasteiger partial charge is 0.439 e. The molecule has 0 atom stereocenters. The maximum absolute atomic E-state index is 5.75. The first kappa shape index (κ1) is 12.5. The van der Waals surface area contributed by atoms with E-state index in [1.807, 2.05) is 37.4 Å². The van der Waals surface area contributed by atoms with Crippen molar-refractivity contribution in [2.75, 3.05) is 17.7 Å². The number of oxazole rings is 1. The Morgan fingerprint density at radius 2 is 2.00 bits per heavy atom. The number of aromatic nitrogens is 1. The van der Waals surface area contributed by atoms with E-state index in [9.17, 15) is 0 Å². The van der Waals surface area contributed by atoms with Gasteiger partial charge >= 0.3 is 0 Å². The molecule has 0 spiro atoms. The van der Waals surface area contributed by atoms with Crippen LogP contribution in [0.4, 0.5) is 11.4 Å². The predicted molar refractivity (Wildman–Crippen MR) is 81.7 cm³/mol. The van der Waals surface area contributed by atoms with E-state index >= 15 is 0 Å². The molecule has 0 radical (unpaired) electrons. The molecular weight excluding hydrogens is 250 g/mol. The standard InChI is InChI=1S/C16H17N3O/c1-11-5-3-4-6-14(11)19(2)10-16-18-13-9-12(17)7-8-15(13)20-16/h3-9H,10,17H2,1-2H3. The van der Waals surface area contributed by atoms with E-state index in [2.05, 4.69) is 28.9 Å². The van der Waals surface area contributed by atoms with E-state index < -0.39 is 0 Å². The molecule has 0 aliphatic rings. The Hall–Kier alpha value is -2.49. The van der Waals surface area contributed by atoms with Crippen molar-refractivity contribution in [3.05, 3.63) is 53.9 Å². The van der Waals surface area contributed by atoms with Gasteiger partial charge in [0.25, 0.3) is 0 Å². The molecule has 2 N–H and O–H groups in total. The number of nitrogen functional groups attached to an aromatic ring is 1. The molecule has 20 heavy (non-hydrogen) atoms. The van der Waals surface area contributed by atoms with Crippen LogP contribution in [0.1, 0.15) is 11.5 Å². The fourth-order valence-electron chi connectivity index (χ4n) is 2.34. The summed E-state index contributed by atoms with van der Waals surface area (Å²) in [4.78, 5) is 6.61. The van der Waals surface area contributed by atoms with Crippen molar-refractivity contribution in [2.24, 2.45) is 0 Å². The number of para-hydroxylation sites is 1. The number of rotatable bonds is 3. The molecule has 3 aromatic rings. The van der Waals surface area contributed by atoms with Crippen LogP contribution in [0.25, 0.3) is 11.1 Å². The third-order valence-corrected chi connectivity index (χ3v) is 3.36. The van der Waals surface area contributed by atoms with Crippen LogP contribution in [0, 0.1) is 6.92 Å². The minimum atomic E-state index is 0.624. The van der Waals surface area contributed by atoms with Gasteiger partial charge in [-0.1, -0.05) is 18.2 Å². The van der Waals surface area contributed by atoms with Crippen LogP contribution in [0.15, 0.2) is 46.9 Å². The highest BCUT2D eigenvalue weighted by molar-refractivity contribution is 5.76. The number of hydrogen-bond acceptors (Lipinski definition) is 4. The predicted octanol–water partition coefficient (Wildman–Crippen LogP) is 3.35. The van der Waals surface area contributed by atoms with Gasteiger partial charge in [0.1, 0.15) is 5.52 Å². The zero-order valence-electron chi connectivity index (χ0n) is 11.6. The average Bonchev–Trinajstić information content (AvgIpc) is 2.80. The Balaban J connectivity index is 1.87. The molecule has 2 aromatic carbocycles. The van der Waals surface area contributed by atoms with Crippen LogP contribution >= 0.6 is 0 Å². The van der Waals surface area contributed by atoms with Crippen LogP contribution in [0.5, 0.6) is 0 Å². The second-order valence-corrected chi connectivity index (χ2v) is 4.98. The number of fused-ring (bicyclic) bond motifs is 1. The first-order valence-electron chi connectivity index (χ1n) is 6.55. The number of benzene rings is 2. The van der Waals surface area contributed by atoms with Crippen LogP contribution < -0.4 is 10.6 Å². The highest BCUT2D eigenvalue weighted by Crippen LogP contribution is 2.22. The maximum Gasteiger partial charge on any atom is 0.215 e. The Morgan fingerprint density at radius 1 is 1.20 bits per heavy atom. The van der Waals surface area contributed by atoms with Crippen molar-refractivity contribution in [3.8, 4) is 0 Å². The van der Waals surface area contributed by atoms with Gasteiger partial charge in [-0.25, -0.2) is 4.98 Å². The average molecular weight is 267 g/mol. The van der Waals surface area contributed by atoms with Gasteiger partial charge in [-0.05, 0) is 36.8 Å². The zero-order chi connectivity index (χ0) is 14.1. The SMILES string of the molecule is Cc1ccccc1N(C)Cc1nc2cc(N)ccc2o1. The molecule has 0 saturated carbocycles. The Kier molecular flexibility index (Phi) is 3.06. The molecule has 4 nitrogen and oxygen atoms in total. The van der Waals surface area contributed by atoms with E-state index in [-0.39, 0.29) is 0 Å². The van der Waals surface area contributed by atoms with Gasteiger partial charge < -0.3 is 15.1 Å². The van der Waals surface area contributed by atoms with Crippen molar-refractivity contribution < 1.29 is 4.42 Å². The summed E-state index contributed by atoms with van der Waals surface area (Å²) in [6, 6.07) is 13.8. The molecular formula is C16H17N3O. The lowest BCUT2D eigenvalue weighted by atomic mass is 10.2. The van der Waals surface area contributed by atoms with E-state index in [0.717, 1.165) is 11.1 Å². The van der Waals surface area contributed by atoms with Gasteiger partial charge in [0.15, 0.2) is 5.58 Å². The summed E-state index contributed by atoms with van der Waals surface area (Å²) in [6.45, 7) is 2.72. The number of nitrogens with two attached hydrogens (primary N) is 1. The van der Waals surface area contributed by atoms with Crippen LogP contribution in [-0.4, -0.2) is 12.0 Å². The number of hydrogen-bond donors (Lipinski definition) is 1. The Bertz CT molecular complexity index is 748. The lowest BCUT2D eigenvalue weighted by Gasteiger charge is -2.19. The summed E-state index contributed by atoms with van der Waals surface area (Å²) < 4.78 is 5.75. The molecule has 0 bridgehead atoms. The molecule has 0 unspecified atom stereocenters. The smallest absolute Gasteiger partial charge is 0.215 e. The van der Waals surface area contributed by atoms with Crippen LogP contribution in [0.2, 0.25) is 0 Å². The summed E-state index contributed by atoms with van der Waals surface area (Å²) in [7, 11) is 2.03. The van der Waals surface area contributed by atoms with E-state index in [1.54, 1.807) is 0 Å². The van der Waals surface area contributed by atoms with Crippen molar-refractivity contribution in [1.82, 2.24) is 4.98 Å². The maximum atomic E-state index is 5.75. The fraction of sp³-hybridized carbons (Fsp3) is 0.188. The van der Waals surface area contributed by atoms with Crippen molar-refractivity contribution in [1.29, 1.82) is 0 Å². The quantitative estimate of drug-likeness (QED) is 0.739. The number of anilines is 2. The highest BCUT2D eigenvalue weighted by atomic mass is 16.3. The first-order chi connectivity index (χ1) is 9.63. The van der Waals surface area contributed by atoms with Gasteiger partial charge in [-0.3, -0.25) is 0 Å². The zero-order valence-corrected chi connectivity index (χ0v) is 11.6. The molecule has 102 valence electrons. The molecule has 0 aliphatic carbocycles. The van der Waals surface area contributed by atoms with Gasteiger partial charge in [0.05, 0.1) is 6.54 Å². The Labute approximate surface area is 117 Å². The topological polar surface area (TPSA) is 55.3 Å². The van der Waals surface area contributed by atoms with E-state index in [0.29, 0.717) is 18.1 Å². The number of nitrogens with zero attached hydrogens (tertiary/aromatic N) is 2. The first-order valence-corrected chi connectivity index (χ1v) is 6.55.